The van der Waals surface area contributed by atoms with E-state index in [-0.39, 0.29) is 0 Å². The van der Waals surface area contributed by atoms with E-state index in [4.69, 9.17) is 17.3 Å². The van der Waals surface area contributed by atoms with Gasteiger partial charge in [0.2, 0.25) is 0 Å². The van der Waals surface area contributed by atoms with Crippen LogP contribution in [0.25, 0.3) is 5.69 Å². The van der Waals surface area contributed by atoms with Crippen LogP contribution in [0, 0.1) is 13.8 Å². The Kier molecular flexibility index (Phi) is 3.45. The van der Waals surface area contributed by atoms with Crippen molar-refractivity contribution >= 4 is 11.6 Å². The number of hydrogen-bond acceptors (Lipinski definition) is 3. The summed E-state index contributed by atoms with van der Waals surface area (Å²) in [5, 5.41) is 5.09. The average Bonchev–Trinajstić information content (AvgIpc) is 2.61. The summed E-state index contributed by atoms with van der Waals surface area (Å²) in [4.78, 5) is 4.30. The third-order valence-electron chi connectivity index (χ3n) is 2.59. The minimum Gasteiger partial charge on any atom is -0.330 e. The van der Waals surface area contributed by atoms with Crippen LogP contribution in [0.2, 0.25) is 5.02 Å². The van der Waals surface area contributed by atoms with Gasteiger partial charge in [-0.05, 0) is 44.5 Å². The second-order valence-electron chi connectivity index (χ2n) is 3.89. The normalized spacial score (nSPS) is 10.8. The number of nitrogens with zero attached hydrogens (tertiary/aromatic N) is 3. The van der Waals surface area contributed by atoms with E-state index in [0.29, 0.717) is 6.54 Å². The molecule has 0 radical (unpaired) electrons. The summed E-state index contributed by atoms with van der Waals surface area (Å²) >= 11 is 6.20. The van der Waals surface area contributed by atoms with Gasteiger partial charge < -0.3 is 5.73 Å². The Balaban J connectivity index is 2.58. The molecule has 5 heteroatoms. The molecule has 0 bridgehead atoms. The van der Waals surface area contributed by atoms with Crippen molar-refractivity contribution in [1.82, 2.24) is 14.8 Å². The van der Waals surface area contributed by atoms with Crippen molar-refractivity contribution in [1.29, 1.82) is 0 Å². The third kappa shape index (κ3) is 2.33. The van der Waals surface area contributed by atoms with Crippen LogP contribution >= 0.6 is 11.6 Å². The molecule has 0 aliphatic heterocycles. The van der Waals surface area contributed by atoms with Crippen LogP contribution in [0.4, 0.5) is 0 Å². The van der Waals surface area contributed by atoms with Crippen molar-refractivity contribution in [2.45, 2.75) is 20.3 Å². The maximum atomic E-state index is 6.20. The minimum absolute atomic E-state index is 0.559. The smallest absolute Gasteiger partial charge is 0.148 e. The van der Waals surface area contributed by atoms with E-state index in [1.807, 2.05) is 36.7 Å². The molecule has 4 nitrogen and oxygen atoms in total. The van der Waals surface area contributed by atoms with E-state index in [0.717, 1.165) is 34.3 Å². The van der Waals surface area contributed by atoms with Gasteiger partial charge in [-0.2, -0.15) is 5.10 Å². The first-order valence-corrected chi connectivity index (χ1v) is 5.89. The highest BCUT2D eigenvalue weighted by Crippen LogP contribution is 2.24. The molecule has 0 saturated carbocycles. The zero-order valence-corrected chi connectivity index (χ0v) is 10.7. The van der Waals surface area contributed by atoms with Crippen molar-refractivity contribution in [3.05, 3.63) is 40.4 Å². The second kappa shape index (κ2) is 4.85. The summed E-state index contributed by atoms with van der Waals surface area (Å²) in [7, 11) is 0. The first kappa shape index (κ1) is 12.1. The molecule has 1 aromatic carbocycles. The molecule has 0 amide bonds. The number of halogens is 1. The number of benzene rings is 1. The topological polar surface area (TPSA) is 56.7 Å². The van der Waals surface area contributed by atoms with Gasteiger partial charge in [-0.3, -0.25) is 0 Å². The summed E-state index contributed by atoms with van der Waals surface area (Å²) in [5.74, 6) is 1.60. The molecule has 2 N–H and O–H groups in total. The van der Waals surface area contributed by atoms with Crippen LogP contribution in [0.1, 0.15) is 17.2 Å². The number of aryl methyl sites for hydroxylation is 2. The summed E-state index contributed by atoms with van der Waals surface area (Å²) in [6.45, 7) is 4.35. The number of hydrogen-bond donors (Lipinski definition) is 1. The standard InChI is InChI=1S/C12H15ClN4/c1-8-15-9(2)17(16-8)12-5-3-4-11(13)10(12)6-7-14/h3-5H,6-7,14H2,1-2H3. The molecule has 17 heavy (non-hydrogen) atoms. The SMILES string of the molecule is Cc1nc(C)n(-c2cccc(Cl)c2CCN)n1. The van der Waals surface area contributed by atoms with E-state index in [2.05, 4.69) is 10.1 Å². The van der Waals surface area contributed by atoms with Crippen molar-refractivity contribution in [2.24, 2.45) is 5.73 Å². The quantitative estimate of drug-likeness (QED) is 0.907. The van der Waals surface area contributed by atoms with Gasteiger partial charge in [-0.1, -0.05) is 17.7 Å². The summed E-state index contributed by atoms with van der Waals surface area (Å²) in [6, 6.07) is 5.77. The van der Waals surface area contributed by atoms with Crippen molar-refractivity contribution < 1.29 is 0 Å². The summed E-state index contributed by atoms with van der Waals surface area (Å²) in [6.07, 6.45) is 0.730. The molecule has 0 aliphatic rings. The minimum atomic E-state index is 0.559. The lowest BCUT2D eigenvalue weighted by Crippen LogP contribution is -2.09. The molecule has 2 rings (SSSR count). The lowest BCUT2D eigenvalue weighted by molar-refractivity contribution is 0.811. The lowest BCUT2D eigenvalue weighted by atomic mass is 10.1. The van der Waals surface area contributed by atoms with Crippen LogP contribution < -0.4 is 5.73 Å². The molecule has 0 aliphatic carbocycles. The van der Waals surface area contributed by atoms with E-state index in [1.165, 1.54) is 0 Å². The van der Waals surface area contributed by atoms with E-state index in [9.17, 15) is 0 Å². The predicted molar refractivity (Wildman–Crippen MR) is 68.6 cm³/mol. The Morgan fingerprint density at radius 2 is 2.12 bits per heavy atom. The zero-order chi connectivity index (χ0) is 12.4. The van der Waals surface area contributed by atoms with Crippen LogP contribution in [0.3, 0.4) is 0 Å². The largest absolute Gasteiger partial charge is 0.330 e. The van der Waals surface area contributed by atoms with Crippen molar-refractivity contribution in [3.8, 4) is 5.69 Å². The van der Waals surface area contributed by atoms with Gasteiger partial charge in [0.15, 0.2) is 0 Å². The molecule has 0 unspecified atom stereocenters. The van der Waals surface area contributed by atoms with Gasteiger partial charge in [0.05, 0.1) is 5.69 Å². The van der Waals surface area contributed by atoms with Crippen LogP contribution in [-0.2, 0) is 6.42 Å². The van der Waals surface area contributed by atoms with Gasteiger partial charge in [-0.15, -0.1) is 0 Å². The fourth-order valence-electron chi connectivity index (χ4n) is 1.89. The fraction of sp³-hybridized carbons (Fsp3) is 0.333. The van der Waals surface area contributed by atoms with Gasteiger partial charge in [-0.25, -0.2) is 9.67 Å². The molecule has 2 aromatic rings. The van der Waals surface area contributed by atoms with Crippen LogP contribution in [-0.4, -0.2) is 21.3 Å². The third-order valence-corrected chi connectivity index (χ3v) is 2.95. The zero-order valence-electron chi connectivity index (χ0n) is 9.94. The van der Waals surface area contributed by atoms with E-state index < -0.39 is 0 Å². The molecule has 0 spiro atoms. The Bertz CT molecular complexity index is 533. The molecule has 0 atom stereocenters. The van der Waals surface area contributed by atoms with E-state index in [1.54, 1.807) is 0 Å². The maximum absolute atomic E-state index is 6.20. The Morgan fingerprint density at radius 3 is 2.71 bits per heavy atom. The molecular weight excluding hydrogens is 236 g/mol. The van der Waals surface area contributed by atoms with Crippen molar-refractivity contribution in [3.63, 3.8) is 0 Å². The molecule has 1 heterocycles. The highest BCUT2D eigenvalue weighted by atomic mass is 35.5. The fourth-order valence-corrected chi connectivity index (χ4v) is 2.15. The molecule has 90 valence electrons. The number of rotatable bonds is 3. The van der Waals surface area contributed by atoms with Crippen LogP contribution in [0.5, 0.6) is 0 Å². The number of aromatic nitrogens is 3. The van der Waals surface area contributed by atoms with Gasteiger partial charge in [0.25, 0.3) is 0 Å². The number of nitrogens with two attached hydrogens (primary N) is 1. The van der Waals surface area contributed by atoms with Gasteiger partial charge in [0, 0.05) is 5.02 Å². The van der Waals surface area contributed by atoms with Gasteiger partial charge >= 0.3 is 0 Å². The Hall–Kier alpha value is -1.39. The molecule has 0 saturated heterocycles. The Labute approximate surface area is 105 Å². The van der Waals surface area contributed by atoms with Crippen molar-refractivity contribution in [2.75, 3.05) is 6.54 Å². The first-order chi connectivity index (χ1) is 8.13. The highest BCUT2D eigenvalue weighted by Gasteiger charge is 2.11. The average molecular weight is 251 g/mol. The lowest BCUT2D eigenvalue weighted by Gasteiger charge is -2.11. The van der Waals surface area contributed by atoms with Crippen LogP contribution in [0.15, 0.2) is 18.2 Å². The second-order valence-corrected chi connectivity index (χ2v) is 4.30. The molecule has 1 aromatic heterocycles. The monoisotopic (exact) mass is 250 g/mol. The maximum Gasteiger partial charge on any atom is 0.148 e. The van der Waals surface area contributed by atoms with E-state index >= 15 is 0 Å². The molecular formula is C12H15ClN4. The molecule has 0 fully saturated rings. The predicted octanol–water partition coefficient (Wildman–Crippen LogP) is 2.04. The van der Waals surface area contributed by atoms with Gasteiger partial charge in [0.1, 0.15) is 11.6 Å². The highest BCUT2D eigenvalue weighted by molar-refractivity contribution is 6.31. The summed E-state index contributed by atoms with van der Waals surface area (Å²) < 4.78 is 1.81. The first-order valence-electron chi connectivity index (χ1n) is 5.51. The summed E-state index contributed by atoms with van der Waals surface area (Å²) in [5.41, 5.74) is 7.59. The Morgan fingerprint density at radius 1 is 1.35 bits per heavy atom.